The predicted molar refractivity (Wildman–Crippen MR) is 74.9 cm³/mol. The Morgan fingerprint density at radius 2 is 1.79 bits per heavy atom. The van der Waals surface area contributed by atoms with Gasteiger partial charge < -0.3 is 9.05 Å². The van der Waals surface area contributed by atoms with Crippen molar-refractivity contribution >= 4 is 7.60 Å². The Bertz CT molecular complexity index is 449. The predicted octanol–water partition coefficient (Wildman–Crippen LogP) is 4.87. The zero-order chi connectivity index (χ0) is 14.3. The molecule has 5 heteroatoms. The molecule has 0 aliphatic heterocycles. The van der Waals surface area contributed by atoms with E-state index in [-0.39, 0.29) is 19.1 Å². The van der Waals surface area contributed by atoms with Crippen molar-refractivity contribution < 1.29 is 18.0 Å². The molecule has 0 bridgehead atoms. The molecule has 0 fully saturated rings. The molecule has 0 N–H and O–H groups in total. The van der Waals surface area contributed by atoms with Gasteiger partial charge in [0.25, 0.3) is 0 Å². The average Bonchev–Trinajstić information content (AvgIpc) is 2.40. The van der Waals surface area contributed by atoms with Crippen molar-refractivity contribution in [2.24, 2.45) is 0 Å². The molecule has 1 aromatic rings. The number of hydrogen-bond donors (Lipinski definition) is 0. The smallest absolute Gasteiger partial charge is 0.304 e. The van der Waals surface area contributed by atoms with E-state index in [1.54, 1.807) is 13.8 Å². The largest absolute Gasteiger partial charge is 0.389 e. The van der Waals surface area contributed by atoms with Crippen molar-refractivity contribution in [3.05, 3.63) is 47.5 Å². The molecule has 0 saturated carbocycles. The van der Waals surface area contributed by atoms with Gasteiger partial charge in [0, 0.05) is 5.92 Å². The summed E-state index contributed by atoms with van der Waals surface area (Å²) in [6.07, 6.45) is 1.29. The Morgan fingerprint density at radius 1 is 1.26 bits per heavy atom. The highest BCUT2D eigenvalue weighted by atomic mass is 31.2. The van der Waals surface area contributed by atoms with Crippen LogP contribution in [0.3, 0.4) is 0 Å². The van der Waals surface area contributed by atoms with Gasteiger partial charge in [-0.2, -0.15) is 4.39 Å². The third-order valence-corrected chi connectivity index (χ3v) is 4.44. The van der Waals surface area contributed by atoms with Crippen LogP contribution in [0, 0.1) is 0 Å². The molecule has 0 radical (unpaired) electrons. The highest BCUT2D eigenvalue weighted by Gasteiger charge is 2.30. The van der Waals surface area contributed by atoms with E-state index in [0.717, 1.165) is 5.56 Å². The van der Waals surface area contributed by atoms with Crippen LogP contribution < -0.4 is 0 Å². The molecular weight excluding hydrogens is 266 g/mol. The molecule has 1 unspecified atom stereocenters. The molecule has 0 aliphatic carbocycles. The number of halogens is 1. The van der Waals surface area contributed by atoms with Crippen molar-refractivity contribution in [3.63, 3.8) is 0 Å². The van der Waals surface area contributed by atoms with E-state index in [1.807, 2.05) is 37.3 Å². The minimum absolute atomic E-state index is 0.137. The number of hydrogen-bond acceptors (Lipinski definition) is 3. The SMILES string of the molecule is CCOP(=O)(OCC)/C(F)=C\C(C)c1ccccc1. The molecule has 106 valence electrons. The van der Waals surface area contributed by atoms with Crippen LogP contribution in [-0.2, 0) is 13.6 Å². The molecule has 3 nitrogen and oxygen atoms in total. The second-order valence-corrected chi connectivity index (χ2v) is 5.96. The lowest BCUT2D eigenvalue weighted by Crippen LogP contribution is -1.98. The molecule has 0 amide bonds. The highest BCUT2D eigenvalue weighted by Crippen LogP contribution is 2.57. The Hall–Kier alpha value is -0.960. The van der Waals surface area contributed by atoms with Gasteiger partial charge in [-0.05, 0) is 25.5 Å². The van der Waals surface area contributed by atoms with E-state index in [0.29, 0.717) is 0 Å². The summed E-state index contributed by atoms with van der Waals surface area (Å²) in [4.78, 5) is 0. The Labute approximate surface area is 114 Å². The molecule has 0 aliphatic rings. The lowest BCUT2D eigenvalue weighted by molar-refractivity contribution is 0.220. The van der Waals surface area contributed by atoms with Crippen molar-refractivity contribution in [1.29, 1.82) is 0 Å². The molecule has 0 aromatic heterocycles. The van der Waals surface area contributed by atoms with E-state index in [2.05, 4.69) is 0 Å². The van der Waals surface area contributed by atoms with Crippen molar-refractivity contribution in [1.82, 2.24) is 0 Å². The van der Waals surface area contributed by atoms with Crippen LogP contribution in [0.25, 0.3) is 0 Å². The summed E-state index contributed by atoms with van der Waals surface area (Å²) in [6, 6.07) is 9.42. The molecule has 0 heterocycles. The summed E-state index contributed by atoms with van der Waals surface area (Å²) in [5.74, 6) is -0.199. The van der Waals surface area contributed by atoms with Crippen LogP contribution in [0.5, 0.6) is 0 Å². The lowest BCUT2D eigenvalue weighted by Gasteiger charge is -2.16. The summed E-state index contributed by atoms with van der Waals surface area (Å²) < 4.78 is 36.2. The molecular formula is C14H20FO3P. The maximum Gasteiger partial charge on any atom is 0.389 e. The topological polar surface area (TPSA) is 35.5 Å². The van der Waals surface area contributed by atoms with Gasteiger partial charge in [0.1, 0.15) is 0 Å². The monoisotopic (exact) mass is 286 g/mol. The van der Waals surface area contributed by atoms with Gasteiger partial charge in [-0.3, -0.25) is 4.57 Å². The Kier molecular flexibility index (Phi) is 6.43. The van der Waals surface area contributed by atoms with Crippen LogP contribution in [0.4, 0.5) is 4.39 Å². The van der Waals surface area contributed by atoms with Crippen LogP contribution in [-0.4, -0.2) is 13.2 Å². The van der Waals surface area contributed by atoms with Gasteiger partial charge in [-0.15, -0.1) is 0 Å². The summed E-state index contributed by atoms with van der Waals surface area (Å²) in [6.45, 7) is 5.41. The van der Waals surface area contributed by atoms with Crippen LogP contribution in [0.2, 0.25) is 0 Å². The van der Waals surface area contributed by atoms with E-state index < -0.39 is 13.2 Å². The minimum atomic E-state index is -3.79. The number of benzene rings is 1. The number of rotatable bonds is 7. The van der Waals surface area contributed by atoms with Gasteiger partial charge in [0.2, 0.25) is 5.57 Å². The fraction of sp³-hybridized carbons (Fsp3) is 0.429. The van der Waals surface area contributed by atoms with Crippen molar-refractivity contribution in [2.75, 3.05) is 13.2 Å². The van der Waals surface area contributed by atoms with Crippen LogP contribution in [0.15, 0.2) is 42.0 Å². The van der Waals surface area contributed by atoms with Crippen molar-refractivity contribution in [3.8, 4) is 0 Å². The van der Waals surface area contributed by atoms with Gasteiger partial charge >= 0.3 is 7.60 Å². The first-order valence-electron chi connectivity index (χ1n) is 6.35. The molecule has 19 heavy (non-hydrogen) atoms. The van der Waals surface area contributed by atoms with Crippen molar-refractivity contribution in [2.45, 2.75) is 26.7 Å². The molecule has 0 saturated heterocycles. The maximum absolute atomic E-state index is 14.1. The third-order valence-electron chi connectivity index (χ3n) is 2.57. The van der Waals surface area contributed by atoms with E-state index >= 15 is 0 Å². The van der Waals surface area contributed by atoms with Gasteiger partial charge in [-0.1, -0.05) is 37.3 Å². The normalized spacial score (nSPS) is 14.4. The first-order valence-corrected chi connectivity index (χ1v) is 7.89. The van der Waals surface area contributed by atoms with E-state index in [1.165, 1.54) is 6.08 Å². The second kappa shape index (κ2) is 7.59. The third kappa shape index (κ3) is 4.57. The lowest BCUT2D eigenvalue weighted by atomic mass is 10.0. The quantitative estimate of drug-likeness (QED) is 0.671. The average molecular weight is 286 g/mol. The zero-order valence-electron chi connectivity index (χ0n) is 11.5. The van der Waals surface area contributed by atoms with E-state index in [9.17, 15) is 8.96 Å². The fourth-order valence-corrected chi connectivity index (χ4v) is 3.06. The second-order valence-electron chi connectivity index (χ2n) is 4.02. The molecule has 1 atom stereocenters. The maximum atomic E-state index is 14.1. The number of allylic oxidation sites excluding steroid dienone is 1. The highest BCUT2D eigenvalue weighted by molar-refractivity contribution is 7.58. The first-order chi connectivity index (χ1) is 9.03. The summed E-state index contributed by atoms with van der Waals surface area (Å²) in [7, 11) is -3.79. The van der Waals surface area contributed by atoms with Gasteiger partial charge in [-0.25, -0.2) is 0 Å². The molecule has 0 spiro atoms. The summed E-state index contributed by atoms with van der Waals surface area (Å²) in [5, 5.41) is 0. The zero-order valence-corrected chi connectivity index (χ0v) is 12.4. The van der Waals surface area contributed by atoms with Crippen LogP contribution in [0.1, 0.15) is 32.3 Å². The summed E-state index contributed by atoms with van der Waals surface area (Å²) >= 11 is 0. The minimum Gasteiger partial charge on any atom is -0.304 e. The Balaban J connectivity index is 2.93. The Morgan fingerprint density at radius 3 is 2.26 bits per heavy atom. The van der Waals surface area contributed by atoms with Gasteiger partial charge in [0.05, 0.1) is 13.2 Å². The molecule has 1 aromatic carbocycles. The van der Waals surface area contributed by atoms with E-state index in [4.69, 9.17) is 9.05 Å². The summed E-state index contributed by atoms with van der Waals surface area (Å²) in [5.41, 5.74) is 0.116. The van der Waals surface area contributed by atoms with Gasteiger partial charge in [0.15, 0.2) is 0 Å². The standard InChI is InChI=1S/C14H20FO3P/c1-4-17-19(16,18-5-2)14(15)11-12(3)13-9-7-6-8-10-13/h6-12H,4-5H2,1-3H3/b14-11-. The fourth-order valence-electron chi connectivity index (χ4n) is 1.65. The first kappa shape index (κ1) is 16.1. The van der Waals surface area contributed by atoms with Crippen LogP contribution >= 0.6 is 7.60 Å². The molecule has 1 rings (SSSR count).